The maximum absolute atomic E-state index is 5.81. The van der Waals surface area contributed by atoms with Gasteiger partial charge in [-0.3, -0.25) is 0 Å². The predicted octanol–water partition coefficient (Wildman–Crippen LogP) is 2.14. The molecule has 1 aromatic rings. The fourth-order valence-corrected chi connectivity index (χ4v) is 1.50. The van der Waals surface area contributed by atoms with Gasteiger partial charge in [0.05, 0.1) is 19.8 Å². The topological polar surface area (TPSA) is 47.7 Å². The van der Waals surface area contributed by atoms with Gasteiger partial charge in [0.15, 0.2) is 0 Å². The molecule has 4 nitrogen and oxygen atoms in total. The maximum Gasteiger partial charge on any atom is 0.122 e. The van der Waals surface area contributed by atoms with E-state index in [9.17, 15) is 0 Å². The molecule has 0 aliphatic carbocycles. The molecule has 1 rings (SSSR count). The number of nitrogens with zero attached hydrogens (tertiary/aromatic N) is 1. The summed E-state index contributed by atoms with van der Waals surface area (Å²) in [5.74, 6) is 0.775. The van der Waals surface area contributed by atoms with Crippen molar-refractivity contribution in [2.75, 3.05) is 37.9 Å². The highest BCUT2D eigenvalue weighted by molar-refractivity contribution is 5.60. The van der Waals surface area contributed by atoms with Crippen molar-refractivity contribution in [3.8, 4) is 5.75 Å². The van der Waals surface area contributed by atoms with Crippen molar-refractivity contribution < 1.29 is 9.47 Å². The molecule has 96 valence electrons. The van der Waals surface area contributed by atoms with E-state index in [1.54, 1.807) is 7.11 Å². The molecule has 17 heavy (non-hydrogen) atoms. The third-order valence-electron chi connectivity index (χ3n) is 2.47. The summed E-state index contributed by atoms with van der Waals surface area (Å²) in [5, 5.41) is 0. The van der Waals surface area contributed by atoms with Gasteiger partial charge in [0.25, 0.3) is 0 Å². The summed E-state index contributed by atoms with van der Waals surface area (Å²) >= 11 is 0. The van der Waals surface area contributed by atoms with Crippen LogP contribution in [0.15, 0.2) is 18.2 Å². The minimum absolute atomic E-state index is 0.263. The molecule has 2 N–H and O–H groups in total. The average Bonchev–Trinajstić information content (AvgIpc) is 2.27. The van der Waals surface area contributed by atoms with Crippen molar-refractivity contribution in [3.63, 3.8) is 0 Å². The predicted molar refractivity (Wildman–Crippen MR) is 71.8 cm³/mol. The summed E-state index contributed by atoms with van der Waals surface area (Å²) in [5.41, 5.74) is 7.55. The van der Waals surface area contributed by atoms with Crippen LogP contribution in [0.2, 0.25) is 0 Å². The number of anilines is 2. The second kappa shape index (κ2) is 6.35. The zero-order chi connectivity index (χ0) is 12.8. The smallest absolute Gasteiger partial charge is 0.122 e. The fraction of sp³-hybridized carbons (Fsp3) is 0.538. The lowest BCUT2D eigenvalue weighted by atomic mass is 10.2. The van der Waals surface area contributed by atoms with E-state index < -0.39 is 0 Å². The molecule has 0 aromatic heterocycles. The molecule has 0 atom stereocenters. The van der Waals surface area contributed by atoms with Crippen molar-refractivity contribution in [3.05, 3.63) is 18.2 Å². The molecule has 4 heteroatoms. The lowest BCUT2D eigenvalue weighted by molar-refractivity contribution is 0.0846. The van der Waals surface area contributed by atoms with Crippen molar-refractivity contribution in [1.29, 1.82) is 0 Å². The molecule has 0 bridgehead atoms. The first-order valence-electron chi connectivity index (χ1n) is 5.80. The Kier molecular flexibility index (Phi) is 5.10. The summed E-state index contributed by atoms with van der Waals surface area (Å²) in [7, 11) is 3.65. The number of likely N-dealkylation sites (N-methyl/N-ethyl adjacent to an activating group) is 1. The number of methoxy groups -OCH3 is 1. The molecule has 0 heterocycles. The zero-order valence-electron chi connectivity index (χ0n) is 11.1. The lowest BCUT2D eigenvalue weighted by Crippen LogP contribution is -2.24. The van der Waals surface area contributed by atoms with Gasteiger partial charge in [0.2, 0.25) is 0 Å². The molecular weight excluding hydrogens is 216 g/mol. The summed E-state index contributed by atoms with van der Waals surface area (Å²) < 4.78 is 10.7. The van der Waals surface area contributed by atoms with Gasteiger partial charge >= 0.3 is 0 Å². The van der Waals surface area contributed by atoms with E-state index in [1.807, 2.05) is 39.1 Å². The molecular formula is C13H22N2O2. The number of rotatable bonds is 6. The Balaban J connectivity index is 2.61. The third kappa shape index (κ3) is 4.53. The van der Waals surface area contributed by atoms with Crippen molar-refractivity contribution >= 4 is 11.4 Å². The van der Waals surface area contributed by atoms with Gasteiger partial charge in [-0.25, -0.2) is 0 Å². The van der Waals surface area contributed by atoms with Crippen LogP contribution in [0.5, 0.6) is 5.75 Å². The Bertz CT molecular complexity index is 353. The monoisotopic (exact) mass is 238 g/mol. The van der Waals surface area contributed by atoms with Crippen LogP contribution in [0.4, 0.5) is 11.4 Å². The number of hydrogen-bond acceptors (Lipinski definition) is 4. The number of ether oxygens (including phenoxy) is 2. The minimum Gasteiger partial charge on any atom is -0.497 e. The van der Waals surface area contributed by atoms with E-state index in [0.29, 0.717) is 12.3 Å². The molecule has 1 aromatic carbocycles. The average molecular weight is 238 g/mol. The highest BCUT2D eigenvalue weighted by Crippen LogP contribution is 2.24. The molecule has 0 saturated carbocycles. The Morgan fingerprint density at radius 2 is 2.00 bits per heavy atom. The second-order valence-electron chi connectivity index (χ2n) is 4.31. The molecule has 0 saturated heterocycles. The zero-order valence-corrected chi connectivity index (χ0v) is 11.1. The van der Waals surface area contributed by atoms with Crippen molar-refractivity contribution in [2.24, 2.45) is 0 Å². The first kappa shape index (κ1) is 13.6. The van der Waals surface area contributed by atoms with Crippen molar-refractivity contribution in [1.82, 2.24) is 0 Å². The van der Waals surface area contributed by atoms with Crippen LogP contribution >= 0.6 is 0 Å². The summed E-state index contributed by atoms with van der Waals surface area (Å²) in [6, 6.07) is 5.70. The van der Waals surface area contributed by atoms with Crippen LogP contribution in [-0.4, -0.2) is 33.4 Å². The summed E-state index contributed by atoms with van der Waals surface area (Å²) in [4.78, 5) is 2.10. The number of hydrogen-bond donors (Lipinski definition) is 1. The minimum atomic E-state index is 0.263. The van der Waals surface area contributed by atoms with Crippen LogP contribution in [0.1, 0.15) is 13.8 Å². The first-order valence-corrected chi connectivity index (χ1v) is 5.80. The second-order valence-corrected chi connectivity index (χ2v) is 4.31. The highest BCUT2D eigenvalue weighted by atomic mass is 16.5. The van der Waals surface area contributed by atoms with E-state index in [-0.39, 0.29) is 6.10 Å². The molecule has 0 amide bonds. The van der Waals surface area contributed by atoms with Gasteiger partial charge in [-0.2, -0.15) is 0 Å². The molecule has 0 aliphatic rings. The van der Waals surface area contributed by atoms with Gasteiger partial charge in [-0.05, 0) is 19.9 Å². The Morgan fingerprint density at radius 3 is 2.59 bits per heavy atom. The Hall–Kier alpha value is -1.42. The quantitative estimate of drug-likeness (QED) is 0.771. The molecule has 0 aliphatic heterocycles. The molecule has 0 unspecified atom stereocenters. The van der Waals surface area contributed by atoms with Gasteiger partial charge < -0.3 is 20.1 Å². The van der Waals surface area contributed by atoms with E-state index >= 15 is 0 Å². The summed E-state index contributed by atoms with van der Waals surface area (Å²) in [6.07, 6.45) is 0.263. The van der Waals surface area contributed by atoms with Gasteiger partial charge in [0.1, 0.15) is 5.75 Å². The number of nitrogen functional groups attached to an aromatic ring is 1. The summed E-state index contributed by atoms with van der Waals surface area (Å²) in [6.45, 7) is 5.59. The normalized spacial score (nSPS) is 10.6. The van der Waals surface area contributed by atoms with Gasteiger partial charge in [-0.1, -0.05) is 0 Å². The third-order valence-corrected chi connectivity index (χ3v) is 2.47. The molecule has 0 spiro atoms. The SMILES string of the molecule is COc1cc(N)cc(N(C)CCOC(C)C)c1. The first-order chi connectivity index (χ1) is 8.02. The Morgan fingerprint density at radius 1 is 1.29 bits per heavy atom. The van der Waals surface area contributed by atoms with E-state index in [1.165, 1.54) is 0 Å². The number of nitrogens with two attached hydrogens (primary N) is 1. The van der Waals surface area contributed by atoms with Crippen LogP contribution in [0, 0.1) is 0 Å². The van der Waals surface area contributed by atoms with Crippen LogP contribution < -0.4 is 15.4 Å². The maximum atomic E-state index is 5.81. The van der Waals surface area contributed by atoms with E-state index in [2.05, 4.69) is 4.90 Å². The Labute approximate surface area is 103 Å². The lowest BCUT2D eigenvalue weighted by Gasteiger charge is -2.21. The number of benzene rings is 1. The standard InChI is InChI=1S/C13H22N2O2/c1-10(2)17-6-5-15(3)12-7-11(14)8-13(9-12)16-4/h7-10H,5-6,14H2,1-4H3. The van der Waals surface area contributed by atoms with Gasteiger partial charge in [0, 0.05) is 37.1 Å². The largest absolute Gasteiger partial charge is 0.497 e. The molecule has 0 radical (unpaired) electrons. The van der Waals surface area contributed by atoms with Crippen LogP contribution in [-0.2, 0) is 4.74 Å². The van der Waals surface area contributed by atoms with E-state index in [4.69, 9.17) is 15.2 Å². The van der Waals surface area contributed by atoms with Crippen molar-refractivity contribution in [2.45, 2.75) is 20.0 Å². The van der Waals surface area contributed by atoms with Crippen LogP contribution in [0.25, 0.3) is 0 Å². The van der Waals surface area contributed by atoms with Gasteiger partial charge in [-0.15, -0.1) is 0 Å². The van der Waals surface area contributed by atoms with Crippen LogP contribution in [0.3, 0.4) is 0 Å². The fourth-order valence-electron chi connectivity index (χ4n) is 1.50. The highest BCUT2D eigenvalue weighted by Gasteiger charge is 2.05. The molecule has 0 fully saturated rings. The van der Waals surface area contributed by atoms with E-state index in [0.717, 1.165) is 18.0 Å².